The molecular formula is C19H30N4O. The van der Waals surface area contributed by atoms with Gasteiger partial charge in [0, 0.05) is 51.4 Å². The van der Waals surface area contributed by atoms with E-state index in [0.29, 0.717) is 18.4 Å². The number of carbonyl (C=O) groups is 1. The summed E-state index contributed by atoms with van der Waals surface area (Å²) in [5.74, 6) is 1.33. The average molecular weight is 330 g/mol. The average Bonchev–Trinajstić information content (AvgIpc) is 2.67. The third kappa shape index (κ3) is 4.26. The summed E-state index contributed by atoms with van der Waals surface area (Å²) in [7, 11) is 0. The molecule has 5 heteroatoms. The van der Waals surface area contributed by atoms with Gasteiger partial charge in [-0.1, -0.05) is 19.4 Å². The smallest absolute Gasteiger partial charge is 0.223 e. The van der Waals surface area contributed by atoms with E-state index in [2.05, 4.69) is 21.7 Å². The Morgan fingerprint density at radius 3 is 2.71 bits per heavy atom. The molecule has 1 aromatic rings. The van der Waals surface area contributed by atoms with Crippen molar-refractivity contribution in [2.75, 3.05) is 44.2 Å². The summed E-state index contributed by atoms with van der Waals surface area (Å²) in [4.78, 5) is 23.8. The molecule has 3 heterocycles. The van der Waals surface area contributed by atoms with Crippen LogP contribution in [0.5, 0.6) is 0 Å². The molecule has 0 aromatic carbocycles. The number of amides is 1. The van der Waals surface area contributed by atoms with Crippen LogP contribution in [0.25, 0.3) is 0 Å². The predicted octanol–water partition coefficient (Wildman–Crippen LogP) is 2.38. The van der Waals surface area contributed by atoms with Crippen LogP contribution in [0.3, 0.4) is 0 Å². The van der Waals surface area contributed by atoms with Crippen LogP contribution in [0.15, 0.2) is 24.4 Å². The van der Waals surface area contributed by atoms with Crippen molar-refractivity contribution < 1.29 is 4.79 Å². The highest BCUT2D eigenvalue weighted by atomic mass is 16.2. The first-order chi connectivity index (χ1) is 11.8. The minimum atomic E-state index is 0.316. The third-order valence-corrected chi connectivity index (χ3v) is 5.44. The van der Waals surface area contributed by atoms with Crippen molar-refractivity contribution in [3.8, 4) is 0 Å². The second-order valence-corrected chi connectivity index (χ2v) is 6.90. The van der Waals surface area contributed by atoms with Crippen molar-refractivity contribution in [1.29, 1.82) is 0 Å². The molecule has 5 nitrogen and oxygen atoms in total. The number of rotatable bonds is 5. The number of hydrogen-bond donors (Lipinski definition) is 0. The second kappa shape index (κ2) is 8.47. The number of carbonyl (C=O) groups excluding carboxylic acids is 1. The van der Waals surface area contributed by atoms with Crippen LogP contribution in [0.4, 0.5) is 5.82 Å². The molecule has 1 aromatic heterocycles. The van der Waals surface area contributed by atoms with Crippen LogP contribution >= 0.6 is 0 Å². The number of nitrogens with zero attached hydrogens (tertiary/aromatic N) is 4. The fraction of sp³-hybridized carbons (Fsp3) is 0.684. The minimum Gasteiger partial charge on any atom is -0.353 e. The molecule has 1 atom stereocenters. The fourth-order valence-electron chi connectivity index (χ4n) is 3.94. The van der Waals surface area contributed by atoms with Gasteiger partial charge in [-0.15, -0.1) is 0 Å². The molecule has 3 rings (SSSR count). The predicted molar refractivity (Wildman–Crippen MR) is 97.2 cm³/mol. The molecule has 0 spiro atoms. The monoisotopic (exact) mass is 330 g/mol. The van der Waals surface area contributed by atoms with Crippen LogP contribution in [0.1, 0.15) is 39.0 Å². The van der Waals surface area contributed by atoms with Gasteiger partial charge in [0.15, 0.2) is 0 Å². The summed E-state index contributed by atoms with van der Waals surface area (Å²) >= 11 is 0. The number of aromatic nitrogens is 1. The zero-order valence-corrected chi connectivity index (χ0v) is 14.9. The first-order valence-electron chi connectivity index (χ1n) is 9.45. The zero-order valence-electron chi connectivity index (χ0n) is 14.9. The van der Waals surface area contributed by atoms with E-state index in [4.69, 9.17) is 0 Å². The standard InChI is InChI=1S/C19H30N4O/c1-2-17-7-4-6-11-21(17)12-9-19(24)23-15-13-22(14-16-23)18-8-3-5-10-20-18/h3,5,8,10,17H,2,4,6-7,9,11-16H2,1H3. The molecule has 1 amide bonds. The van der Waals surface area contributed by atoms with Gasteiger partial charge in [-0.3, -0.25) is 9.69 Å². The van der Waals surface area contributed by atoms with Gasteiger partial charge in [-0.2, -0.15) is 0 Å². The number of piperazine rings is 1. The van der Waals surface area contributed by atoms with Crippen molar-refractivity contribution in [3.05, 3.63) is 24.4 Å². The summed E-state index contributed by atoms with van der Waals surface area (Å²) in [5, 5.41) is 0. The van der Waals surface area contributed by atoms with Crippen LogP contribution in [-0.2, 0) is 4.79 Å². The van der Waals surface area contributed by atoms with Gasteiger partial charge in [-0.25, -0.2) is 4.98 Å². The minimum absolute atomic E-state index is 0.316. The molecule has 0 radical (unpaired) electrons. The van der Waals surface area contributed by atoms with E-state index in [9.17, 15) is 4.79 Å². The lowest BCUT2D eigenvalue weighted by molar-refractivity contribution is -0.132. The van der Waals surface area contributed by atoms with Crippen LogP contribution in [-0.4, -0.2) is 66.0 Å². The Balaban J connectivity index is 1.43. The van der Waals surface area contributed by atoms with E-state index in [0.717, 1.165) is 38.5 Å². The molecule has 132 valence electrons. The Labute approximate surface area is 145 Å². The molecule has 2 aliphatic rings. The molecule has 0 saturated carbocycles. The molecule has 1 unspecified atom stereocenters. The number of anilines is 1. The summed E-state index contributed by atoms with van der Waals surface area (Å²) in [6.45, 7) is 7.74. The SMILES string of the molecule is CCC1CCCCN1CCC(=O)N1CCN(c2ccccn2)CC1. The Morgan fingerprint density at radius 2 is 2.00 bits per heavy atom. The van der Waals surface area contributed by atoms with Gasteiger partial charge in [0.05, 0.1) is 0 Å². The Bertz CT molecular complexity index is 513. The van der Waals surface area contributed by atoms with Crippen LogP contribution < -0.4 is 4.90 Å². The maximum atomic E-state index is 12.5. The number of hydrogen-bond acceptors (Lipinski definition) is 4. The number of pyridine rings is 1. The summed E-state index contributed by atoms with van der Waals surface area (Å²) < 4.78 is 0. The second-order valence-electron chi connectivity index (χ2n) is 6.90. The Kier molecular flexibility index (Phi) is 6.07. The number of likely N-dealkylation sites (tertiary alicyclic amines) is 1. The lowest BCUT2D eigenvalue weighted by Crippen LogP contribution is -2.50. The maximum absolute atomic E-state index is 12.5. The van der Waals surface area contributed by atoms with Gasteiger partial charge in [0.2, 0.25) is 5.91 Å². The third-order valence-electron chi connectivity index (χ3n) is 5.44. The molecule has 2 saturated heterocycles. The highest BCUT2D eigenvalue weighted by Gasteiger charge is 2.24. The number of piperidine rings is 1. The van der Waals surface area contributed by atoms with Gasteiger partial charge in [0.25, 0.3) is 0 Å². The Hall–Kier alpha value is -1.62. The van der Waals surface area contributed by atoms with Crippen molar-refractivity contribution >= 4 is 11.7 Å². The van der Waals surface area contributed by atoms with E-state index in [-0.39, 0.29) is 0 Å². The molecule has 0 bridgehead atoms. The largest absolute Gasteiger partial charge is 0.353 e. The van der Waals surface area contributed by atoms with Gasteiger partial charge >= 0.3 is 0 Å². The quantitative estimate of drug-likeness (QED) is 0.831. The molecule has 2 aliphatic heterocycles. The summed E-state index contributed by atoms with van der Waals surface area (Å²) in [6, 6.07) is 6.68. The normalized spacial score (nSPS) is 22.6. The van der Waals surface area contributed by atoms with E-state index < -0.39 is 0 Å². The zero-order chi connectivity index (χ0) is 16.8. The highest BCUT2D eigenvalue weighted by Crippen LogP contribution is 2.20. The summed E-state index contributed by atoms with van der Waals surface area (Å²) in [6.07, 6.45) is 7.63. The van der Waals surface area contributed by atoms with Crippen molar-refractivity contribution in [2.24, 2.45) is 0 Å². The molecular weight excluding hydrogens is 300 g/mol. The fourth-order valence-corrected chi connectivity index (χ4v) is 3.94. The van der Waals surface area contributed by atoms with E-state index in [1.807, 2.05) is 29.3 Å². The lowest BCUT2D eigenvalue weighted by atomic mass is 10.00. The van der Waals surface area contributed by atoms with Crippen LogP contribution in [0, 0.1) is 0 Å². The maximum Gasteiger partial charge on any atom is 0.223 e. The molecule has 0 N–H and O–H groups in total. The highest BCUT2D eigenvalue weighted by molar-refractivity contribution is 5.76. The topological polar surface area (TPSA) is 39.7 Å². The lowest BCUT2D eigenvalue weighted by Gasteiger charge is -2.37. The summed E-state index contributed by atoms with van der Waals surface area (Å²) in [5.41, 5.74) is 0. The van der Waals surface area contributed by atoms with Crippen molar-refractivity contribution in [2.45, 2.75) is 45.1 Å². The molecule has 0 aliphatic carbocycles. The first-order valence-corrected chi connectivity index (χ1v) is 9.45. The van der Waals surface area contributed by atoms with Gasteiger partial charge < -0.3 is 9.80 Å². The Morgan fingerprint density at radius 1 is 1.17 bits per heavy atom. The van der Waals surface area contributed by atoms with Gasteiger partial charge in [-0.05, 0) is 37.9 Å². The van der Waals surface area contributed by atoms with E-state index in [1.165, 1.54) is 32.2 Å². The van der Waals surface area contributed by atoms with Crippen molar-refractivity contribution in [1.82, 2.24) is 14.8 Å². The molecule has 2 fully saturated rings. The van der Waals surface area contributed by atoms with E-state index in [1.54, 1.807) is 0 Å². The van der Waals surface area contributed by atoms with Crippen molar-refractivity contribution in [3.63, 3.8) is 0 Å². The first kappa shape index (κ1) is 17.2. The van der Waals surface area contributed by atoms with E-state index >= 15 is 0 Å². The van der Waals surface area contributed by atoms with Gasteiger partial charge in [0.1, 0.15) is 5.82 Å². The van der Waals surface area contributed by atoms with Crippen LogP contribution in [0.2, 0.25) is 0 Å². The molecule has 24 heavy (non-hydrogen) atoms.